The Morgan fingerprint density at radius 2 is 1.97 bits per heavy atom. The Morgan fingerprint density at radius 3 is 2.74 bits per heavy atom. The minimum Gasteiger partial charge on any atom is -0.484 e. The monoisotopic (exact) mass is 458 g/mol. The predicted octanol–water partition coefficient (Wildman–Crippen LogP) is 3.81. The van der Waals surface area contributed by atoms with Crippen LogP contribution in [-0.2, 0) is 16.0 Å². The summed E-state index contributed by atoms with van der Waals surface area (Å²) in [6, 6.07) is 13.6. The van der Waals surface area contributed by atoms with Crippen LogP contribution in [0.1, 0.15) is 22.2 Å². The summed E-state index contributed by atoms with van der Waals surface area (Å²) in [5, 5.41) is 9.49. The van der Waals surface area contributed by atoms with Crippen LogP contribution in [0.3, 0.4) is 0 Å². The molecule has 2 aromatic carbocycles. The third-order valence-corrected chi connectivity index (χ3v) is 6.02. The highest BCUT2D eigenvalue weighted by atomic mass is 35.5. The van der Waals surface area contributed by atoms with E-state index in [2.05, 4.69) is 4.98 Å². The van der Waals surface area contributed by atoms with Crippen LogP contribution < -0.4 is 9.47 Å². The van der Waals surface area contributed by atoms with Gasteiger partial charge in [-0.1, -0.05) is 29.8 Å². The number of rotatable bonds is 7. The van der Waals surface area contributed by atoms with Crippen LogP contribution in [0, 0.1) is 0 Å². The summed E-state index contributed by atoms with van der Waals surface area (Å²) >= 11 is 7.70. The standard InChI is InChI=1S/C22H19ClN2O5S/c23-14-6-7-18(30-12-20(27)28)16(10-14)21-22-17(24-13-31-22)8-9-25(21)19(26)11-29-15-4-2-1-3-5-15/h1-7,10,13,21H,8-9,11-12H2,(H,27,28). The highest BCUT2D eigenvalue weighted by Gasteiger charge is 2.36. The zero-order valence-electron chi connectivity index (χ0n) is 16.4. The number of fused-ring (bicyclic) bond motifs is 1. The fraction of sp³-hybridized carbons (Fsp3) is 0.227. The summed E-state index contributed by atoms with van der Waals surface area (Å²) in [6.45, 7) is -0.175. The van der Waals surface area contributed by atoms with Gasteiger partial charge >= 0.3 is 5.97 Å². The number of aliphatic carboxylic acids is 1. The van der Waals surface area contributed by atoms with E-state index < -0.39 is 18.6 Å². The fourth-order valence-corrected chi connectivity index (χ4v) is 4.66. The van der Waals surface area contributed by atoms with Gasteiger partial charge in [-0.25, -0.2) is 9.78 Å². The molecule has 31 heavy (non-hydrogen) atoms. The zero-order chi connectivity index (χ0) is 21.8. The van der Waals surface area contributed by atoms with Gasteiger partial charge in [-0.3, -0.25) is 4.79 Å². The third kappa shape index (κ3) is 4.81. The largest absolute Gasteiger partial charge is 0.484 e. The van der Waals surface area contributed by atoms with E-state index in [1.165, 1.54) is 11.3 Å². The first-order valence-corrected chi connectivity index (χ1v) is 10.8. The molecule has 1 unspecified atom stereocenters. The lowest BCUT2D eigenvalue weighted by Gasteiger charge is -2.36. The lowest BCUT2D eigenvalue weighted by atomic mass is 9.96. The molecule has 1 N–H and O–H groups in total. The molecule has 0 fully saturated rings. The second-order valence-corrected chi connectivity index (χ2v) is 8.19. The van der Waals surface area contributed by atoms with Crippen LogP contribution >= 0.6 is 22.9 Å². The van der Waals surface area contributed by atoms with Gasteiger partial charge < -0.3 is 19.5 Å². The number of carbonyl (C=O) groups excluding carboxylic acids is 1. The van der Waals surface area contributed by atoms with E-state index in [4.69, 9.17) is 26.2 Å². The number of carboxylic acid groups (broad SMARTS) is 1. The van der Waals surface area contributed by atoms with Crippen molar-refractivity contribution < 1.29 is 24.2 Å². The van der Waals surface area contributed by atoms with Crippen molar-refractivity contribution in [3.8, 4) is 11.5 Å². The van der Waals surface area contributed by atoms with Gasteiger partial charge in [0.1, 0.15) is 11.5 Å². The molecule has 2 heterocycles. The van der Waals surface area contributed by atoms with Gasteiger partial charge in [0.15, 0.2) is 13.2 Å². The molecule has 0 radical (unpaired) electrons. The average Bonchev–Trinajstić information content (AvgIpc) is 3.25. The molecule has 4 rings (SSSR count). The van der Waals surface area contributed by atoms with E-state index >= 15 is 0 Å². The third-order valence-electron chi connectivity index (χ3n) is 4.87. The maximum Gasteiger partial charge on any atom is 0.341 e. The Morgan fingerprint density at radius 1 is 1.16 bits per heavy atom. The smallest absolute Gasteiger partial charge is 0.341 e. The Hall–Kier alpha value is -3.10. The van der Waals surface area contributed by atoms with Gasteiger partial charge in [-0.05, 0) is 30.3 Å². The van der Waals surface area contributed by atoms with Gasteiger partial charge in [-0.15, -0.1) is 11.3 Å². The van der Waals surface area contributed by atoms with Crippen LogP contribution in [0.15, 0.2) is 54.0 Å². The number of nitrogens with zero attached hydrogens (tertiary/aromatic N) is 2. The lowest BCUT2D eigenvalue weighted by molar-refractivity contribution is -0.139. The Kier molecular flexibility index (Phi) is 6.39. The van der Waals surface area contributed by atoms with Gasteiger partial charge in [0.05, 0.1) is 22.1 Å². The molecule has 160 valence electrons. The zero-order valence-corrected chi connectivity index (χ0v) is 17.9. The number of hydrogen-bond acceptors (Lipinski definition) is 6. The molecule has 0 spiro atoms. The molecule has 3 aromatic rings. The van der Waals surface area contributed by atoms with E-state index in [1.54, 1.807) is 40.7 Å². The van der Waals surface area contributed by atoms with Crippen molar-refractivity contribution in [3.63, 3.8) is 0 Å². The second-order valence-electron chi connectivity index (χ2n) is 6.87. The summed E-state index contributed by atoms with van der Waals surface area (Å²) in [5.74, 6) is -0.319. The highest BCUT2D eigenvalue weighted by Crippen LogP contribution is 2.42. The number of ether oxygens (including phenoxy) is 2. The highest BCUT2D eigenvalue weighted by molar-refractivity contribution is 7.09. The topological polar surface area (TPSA) is 89.0 Å². The molecule has 1 aromatic heterocycles. The van der Waals surface area contributed by atoms with Crippen LogP contribution in [0.25, 0.3) is 0 Å². The van der Waals surface area contributed by atoms with E-state index in [9.17, 15) is 9.59 Å². The van der Waals surface area contributed by atoms with Crippen LogP contribution in [0.4, 0.5) is 0 Å². The van der Waals surface area contributed by atoms with Gasteiger partial charge in [-0.2, -0.15) is 0 Å². The number of para-hydroxylation sites is 1. The molecular formula is C22H19ClN2O5S. The normalized spacial score (nSPS) is 15.3. The second kappa shape index (κ2) is 9.36. The first kappa shape index (κ1) is 21.1. The predicted molar refractivity (Wildman–Crippen MR) is 116 cm³/mol. The van der Waals surface area contributed by atoms with E-state index in [0.29, 0.717) is 35.1 Å². The molecule has 0 bridgehead atoms. The van der Waals surface area contributed by atoms with Crippen molar-refractivity contribution in [3.05, 3.63) is 75.2 Å². The number of carbonyl (C=O) groups is 2. The van der Waals surface area contributed by atoms with Crippen molar-refractivity contribution in [2.45, 2.75) is 12.5 Å². The number of carboxylic acids is 1. The number of aromatic nitrogens is 1. The molecule has 9 heteroatoms. The first-order valence-electron chi connectivity index (χ1n) is 9.56. The summed E-state index contributed by atoms with van der Waals surface area (Å²) in [5.41, 5.74) is 3.27. The van der Waals surface area contributed by atoms with Gasteiger partial charge in [0.25, 0.3) is 5.91 Å². The quantitative estimate of drug-likeness (QED) is 0.579. The summed E-state index contributed by atoms with van der Waals surface area (Å²) in [6.07, 6.45) is 0.623. The molecule has 7 nitrogen and oxygen atoms in total. The first-order chi connectivity index (χ1) is 15.0. The number of benzene rings is 2. The van der Waals surface area contributed by atoms with Crippen LogP contribution in [-0.4, -0.2) is 46.6 Å². The molecule has 1 aliphatic heterocycles. The van der Waals surface area contributed by atoms with E-state index in [0.717, 1.165) is 10.6 Å². The van der Waals surface area contributed by atoms with Crippen molar-refractivity contribution in [1.29, 1.82) is 0 Å². The number of thiazole rings is 1. The summed E-state index contributed by atoms with van der Waals surface area (Å²) in [7, 11) is 0. The van der Waals surface area contributed by atoms with Crippen LogP contribution in [0.5, 0.6) is 11.5 Å². The number of amides is 1. The Bertz CT molecular complexity index is 1090. The molecule has 1 aliphatic rings. The van der Waals surface area contributed by atoms with Gasteiger partial charge in [0, 0.05) is 23.6 Å². The summed E-state index contributed by atoms with van der Waals surface area (Å²) < 4.78 is 11.2. The number of halogens is 1. The maximum absolute atomic E-state index is 13.2. The van der Waals surface area contributed by atoms with Crippen LogP contribution in [0.2, 0.25) is 5.02 Å². The SMILES string of the molecule is O=C(O)COc1ccc(Cl)cc1C1c2scnc2CCN1C(=O)COc1ccccc1. The van der Waals surface area contributed by atoms with Gasteiger partial charge in [0.2, 0.25) is 0 Å². The molecule has 0 saturated heterocycles. The van der Waals surface area contributed by atoms with Crippen molar-refractivity contribution in [2.75, 3.05) is 19.8 Å². The molecule has 0 aliphatic carbocycles. The molecule has 1 amide bonds. The van der Waals surface area contributed by atoms with E-state index in [1.807, 2.05) is 18.2 Å². The molecule has 0 saturated carbocycles. The Balaban J connectivity index is 1.66. The minimum absolute atomic E-state index is 0.124. The summed E-state index contributed by atoms with van der Waals surface area (Å²) in [4.78, 5) is 31.2. The number of hydrogen-bond donors (Lipinski definition) is 1. The lowest BCUT2D eigenvalue weighted by Crippen LogP contribution is -2.42. The fourth-order valence-electron chi connectivity index (χ4n) is 3.51. The molecular weight excluding hydrogens is 440 g/mol. The van der Waals surface area contributed by atoms with Crippen molar-refractivity contribution in [1.82, 2.24) is 9.88 Å². The Labute approximate surface area is 187 Å². The maximum atomic E-state index is 13.2. The minimum atomic E-state index is -1.09. The van der Waals surface area contributed by atoms with E-state index in [-0.39, 0.29) is 12.5 Å². The average molecular weight is 459 g/mol. The van der Waals surface area contributed by atoms with Crippen molar-refractivity contribution in [2.24, 2.45) is 0 Å². The van der Waals surface area contributed by atoms with Crippen molar-refractivity contribution >= 4 is 34.8 Å². The molecule has 1 atom stereocenters.